The number of rotatable bonds is 6. The molecule has 0 aromatic rings. The molecule has 104 valence electrons. The predicted octanol–water partition coefficient (Wildman–Crippen LogP) is 2.64. The predicted molar refractivity (Wildman–Crippen MR) is 80.0 cm³/mol. The summed E-state index contributed by atoms with van der Waals surface area (Å²) in [6.07, 6.45) is 0. The van der Waals surface area contributed by atoms with Crippen LogP contribution in [-0.2, 0) is 19.1 Å². The summed E-state index contributed by atoms with van der Waals surface area (Å²) in [4.78, 5) is 22.8. The van der Waals surface area contributed by atoms with Crippen molar-refractivity contribution < 1.29 is 19.1 Å². The summed E-state index contributed by atoms with van der Waals surface area (Å²) in [7, 11) is 0. The van der Waals surface area contributed by atoms with Crippen molar-refractivity contribution in [1.82, 2.24) is 0 Å². The molecule has 0 heterocycles. The molecule has 0 aromatic heterocycles. The number of esters is 2. The molecule has 0 saturated heterocycles. The van der Waals surface area contributed by atoms with E-state index in [1.807, 2.05) is 0 Å². The Balaban J connectivity index is 4.10. The van der Waals surface area contributed by atoms with E-state index in [1.165, 1.54) is 23.5 Å². The summed E-state index contributed by atoms with van der Waals surface area (Å²) in [6.45, 7) is 7.66. The van der Waals surface area contributed by atoms with Gasteiger partial charge in [0, 0.05) is 0 Å². The first-order valence-corrected chi connectivity index (χ1v) is 7.79. The first kappa shape index (κ1) is 17.7. The summed E-state index contributed by atoms with van der Waals surface area (Å²) in [5, 5.41) is -0.723. The molecule has 0 amide bonds. The molecule has 0 fully saturated rings. The maximum absolute atomic E-state index is 11.4. The Morgan fingerprint density at radius 1 is 1.00 bits per heavy atom. The molecule has 0 radical (unpaired) electrons. The number of thiocarbonyl (C=S) groups is 1. The van der Waals surface area contributed by atoms with Gasteiger partial charge < -0.3 is 9.47 Å². The van der Waals surface area contributed by atoms with E-state index in [0.717, 1.165) is 0 Å². The third-order valence-corrected chi connectivity index (χ3v) is 4.41. The average Bonchev–Trinajstić information content (AvgIpc) is 2.29. The summed E-state index contributed by atoms with van der Waals surface area (Å²) < 4.78 is 10.3. The summed E-state index contributed by atoms with van der Waals surface area (Å²) in [5.74, 6) is -0.594. The van der Waals surface area contributed by atoms with E-state index < -0.39 is 0 Å². The van der Waals surface area contributed by atoms with Gasteiger partial charge >= 0.3 is 11.9 Å². The van der Waals surface area contributed by atoms with Crippen LogP contribution in [0.4, 0.5) is 0 Å². The van der Waals surface area contributed by atoms with Gasteiger partial charge in [-0.1, -0.05) is 35.7 Å². The van der Waals surface area contributed by atoms with Crippen LogP contribution in [0.2, 0.25) is 0 Å². The van der Waals surface area contributed by atoms with Gasteiger partial charge in [0.15, 0.2) is 0 Å². The summed E-state index contributed by atoms with van der Waals surface area (Å²) in [5.41, 5.74) is 0. The molecule has 0 bridgehead atoms. The monoisotopic (exact) mass is 310 g/mol. The largest absolute Gasteiger partial charge is 0.465 e. The standard InChI is InChI=1S/C11H18O4S3/c1-5-14-9(12)7(3)17-11(16)18-8(4)10(13)15-6-2/h7-8H,5-6H2,1-4H3. The highest BCUT2D eigenvalue weighted by molar-refractivity contribution is 8.47. The van der Waals surface area contributed by atoms with E-state index in [2.05, 4.69) is 0 Å². The molecule has 18 heavy (non-hydrogen) atoms. The molecule has 7 heteroatoms. The SMILES string of the molecule is CCOC(=O)C(C)SC(=S)SC(C)C(=O)OCC. The lowest BCUT2D eigenvalue weighted by molar-refractivity contribution is -0.142. The Morgan fingerprint density at radius 3 is 1.61 bits per heavy atom. The minimum absolute atomic E-state index is 0.297. The van der Waals surface area contributed by atoms with Crippen molar-refractivity contribution in [3.8, 4) is 0 Å². The third kappa shape index (κ3) is 7.23. The van der Waals surface area contributed by atoms with Crippen molar-refractivity contribution in [2.45, 2.75) is 38.2 Å². The summed E-state index contributed by atoms with van der Waals surface area (Å²) >= 11 is 7.57. The zero-order valence-electron chi connectivity index (χ0n) is 10.9. The van der Waals surface area contributed by atoms with E-state index in [-0.39, 0.29) is 22.4 Å². The van der Waals surface area contributed by atoms with Gasteiger partial charge in [-0.3, -0.25) is 9.59 Å². The van der Waals surface area contributed by atoms with Gasteiger partial charge in [0.05, 0.1) is 13.2 Å². The smallest absolute Gasteiger partial charge is 0.319 e. The molecule has 2 unspecified atom stereocenters. The lowest BCUT2D eigenvalue weighted by Crippen LogP contribution is -2.20. The molecule has 0 aliphatic heterocycles. The van der Waals surface area contributed by atoms with Crippen molar-refractivity contribution in [2.75, 3.05) is 13.2 Å². The number of carbonyl (C=O) groups is 2. The van der Waals surface area contributed by atoms with Crippen LogP contribution in [-0.4, -0.2) is 39.2 Å². The second-order valence-electron chi connectivity index (χ2n) is 3.27. The molecule has 0 N–H and O–H groups in total. The molecule has 2 atom stereocenters. The highest BCUT2D eigenvalue weighted by atomic mass is 32.2. The van der Waals surface area contributed by atoms with Gasteiger partial charge in [-0.15, -0.1) is 0 Å². The van der Waals surface area contributed by atoms with Crippen LogP contribution in [0.3, 0.4) is 0 Å². The van der Waals surface area contributed by atoms with Crippen molar-refractivity contribution in [3.05, 3.63) is 0 Å². The first-order chi connectivity index (χ1) is 8.42. The lowest BCUT2D eigenvalue weighted by Gasteiger charge is -2.13. The number of thioether (sulfide) groups is 2. The zero-order valence-corrected chi connectivity index (χ0v) is 13.4. The van der Waals surface area contributed by atoms with Crippen LogP contribution in [0.1, 0.15) is 27.7 Å². The van der Waals surface area contributed by atoms with Gasteiger partial charge in [0.2, 0.25) is 0 Å². The van der Waals surface area contributed by atoms with Crippen molar-refractivity contribution >= 4 is 51.2 Å². The number of hydrogen-bond donors (Lipinski definition) is 0. The Labute approximate surface area is 122 Å². The Morgan fingerprint density at radius 2 is 1.33 bits per heavy atom. The quantitative estimate of drug-likeness (QED) is 0.552. The molecule has 0 aliphatic carbocycles. The van der Waals surface area contributed by atoms with Crippen LogP contribution < -0.4 is 0 Å². The van der Waals surface area contributed by atoms with E-state index in [1.54, 1.807) is 27.7 Å². The first-order valence-electron chi connectivity index (χ1n) is 5.62. The van der Waals surface area contributed by atoms with E-state index >= 15 is 0 Å². The molecule has 0 rings (SSSR count). The molecular weight excluding hydrogens is 292 g/mol. The van der Waals surface area contributed by atoms with Crippen LogP contribution >= 0.6 is 35.7 Å². The average molecular weight is 310 g/mol. The zero-order chi connectivity index (χ0) is 14.1. The van der Waals surface area contributed by atoms with Crippen LogP contribution in [0.5, 0.6) is 0 Å². The van der Waals surface area contributed by atoms with Crippen LogP contribution in [0, 0.1) is 0 Å². The van der Waals surface area contributed by atoms with Gasteiger partial charge in [0.25, 0.3) is 0 Å². The highest BCUT2D eigenvalue weighted by Crippen LogP contribution is 2.26. The maximum Gasteiger partial charge on any atom is 0.319 e. The van der Waals surface area contributed by atoms with Crippen molar-refractivity contribution in [3.63, 3.8) is 0 Å². The van der Waals surface area contributed by atoms with E-state index in [4.69, 9.17) is 21.7 Å². The van der Waals surface area contributed by atoms with Gasteiger partial charge in [0.1, 0.15) is 14.0 Å². The molecule has 0 saturated carbocycles. The van der Waals surface area contributed by atoms with Crippen molar-refractivity contribution in [1.29, 1.82) is 0 Å². The number of hydrogen-bond acceptors (Lipinski definition) is 7. The molecule has 4 nitrogen and oxygen atoms in total. The summed E-state index contributed by atoms with van der Waals surface area (Å²) in [6, 6.07) is 0. The fraction of sp³-hybridized carbons (Fsp3) is 0.727. The van der Waals surface area contributed by atoms with Gasteiger partial charge in [-0.25, -0.2) is 0 Å². The van der Waals surface area contributed by atoms with Crippen LogP contribution in [0.15, 0.2) is 0 Å². The molecular formula is C11H18O4S3. The molecule has 0 aliphatic rings. The fourth-order valence-corrected chi connectivity index (χ4v) is 3.79. The van der Waals surface area contributed by atoms with Crippen molar-refractivity contribution in [2.24, 2.45) is 0 Å². The second-order valence-corrected chi connectivity index (χ2v) is 7.16. The van der Waals surface area contributed by atoms with Gasteiger partial charge in [-0.05, 0) is 27.7 Å². The van der Waals surface area contributed by atoms with Crippen LogP contribution in [0.25, 0.3) is 0 Å². The Bertz CT molecular complexity index is 279. The third-order valence-electron chi connectivity index (χ3n) is 1.78. The highest BCUT2D eigenvalue weighted by Gasteiger charge is 2.21. The minimum Gasteiger partial charge on any atom is -0.465 e. The Hall–Kier alpha value is -0.270. The topological polar surface area (TPSA) is 52.6 Å². The number of carbonyl (C=O) groups excluding carboxylic acids is 2. The van der Waals surface area contributed by atoms with E-state index in [0.29, 0.717) is 16.7 Å². The minimum atomic E-state index is -0.362. The molecule has 0 aromatic carbocycles. The van der Waals surface area contributed by atoms with E-state index in [9.17, 15) is 9.59 Å². The fourth-order valence-electron chi connectivity index (χ4n) is 0.932. The lowest BCUT2D eigenvalue weighted by atomic mass is 10.5. The van der Waals surface area contributed by atoms with Gasteiger partial charge in [-0.2, -0.15) is 0 Å². The normalized spacial score (nSPS) is 13.6. The molecule has 0 spiro atoms. The Kier molecular flexibility index (Phi) is 9.49. The maximum atomic E-state index is 11.4. The number of ether oxygens (including phenoxy) is 2. The second kappa shape index (κ2) is 9.63.